The van der Waals surface area contributed by atoms with Crippen LogP contribution in [0.15, 0.2) is 132 Å². The molecule has 0 spiro atoms. The van der Waals surface area contributed by atoms with Crippen molar-refractivity contribution in [3.8, 4) is 34.2 Å². The molecule has 0 aromatic heterocycles. The molecule has 0 fully saturated rings. The molecule has 3 aromatic carbocycles. The second kappa shape index (κ2) is 9.67. The number of rotatable bonds is 6. The first kappa shape index (κ1) is 23.6. The van der Waals surface area contributed by atoms with Crippen LogP contribution in [0, 0.1) is 0 Å². The lowest BCUT2D eigenvalue weighted by Gasteiger charge is -2.12. The van der Waals surface area contributed by atoms with Crippen LogP contribution in [0.25, 0.3) is 34.2 Å². The fraction of sp³-hybridized carbons (Fsp3) is 0.0625. The molecular formula is C32H24N6O2. The van der Waals surface area contributed by atoms with Gasteiger partial charge in [-0.2, -0.15) is 0 Å². The Balaban J connectivity index is 1.13. The van der Waals surface area contributed by atoms with Crippen molar-refractivity contribution in [2.45, 2.75) is 13.1 Å². The Bertz CT molecular complexity index is 1860. The summed E-state index contributed by atoms with van der Waals surface area (Å²) in [6, 6.07) is 27.4. The summed E-state index contributed by atoms with van der Waals surface area (Å²) in [4.78, 5) is 34.9. The van der Waals surface area contributed by atoms with Crippen LogP contribution in [0.1, 0.15) is 11.1 Å². The SMILES string of the molecule is O=c1c(-c2ccccc2)nc2cn(Cc3cccc(Cn4ccn5c(=O)c(-c6ccccc6)nc-5c4)c3)ccn1-2. The average molecular weight is 525 g/mol. The molecule has 8 heteroatoms. The minimum atomic E-state index is -0.123. The van der Waals surface area contributed by atoms with E-state index in [1.54, 1.807) is 21.5 Å². The number of aromatic nitrogens is 6. The number of fused-ring (bicyclic) bond motifs is 2. The molecule has 0 saturated heterocycles. The monoisotopic (exact) mass is 524 g/mol. The molecule has 8 nitrogen and oxygen atoms in total. The third kappa shape index (κ3) is 4.31. The summed E-state index contributed by atoms with van der Waals surface area (Å²) in [6.45, 7) is 1.27. The maximum atomic E-state index is 12.9. The summed E-state index contributed by atoms with van der Waals surface area (Å²) in [5.74, 6) is 1.22. The summed E-state index contributed by atoms with van der Waals surface area (Å²) < 4.78 is 7.21. The van der Waals surface area contributed by atoms with E-state index in [0.29, 0.717) is 36.1 Å². The van der Waals surface area contributed by atoms with E-state index in [9.17, 15) is 9.59 Å². The number of hydrogen-bond acceptors (Lipinski definition) is 4. The van der Waals surface area contributed by atoms with E-state index in [1.807, 2.05) is 101 Å². The summed E-state index contributed by atoms with van der Waals surface area (Å²) in [6.07, 6.45) is 11.1. The molecule has 0 bridgehead atoms. The Kier molecular flexibility index (Phi) is 5.70. The molecule has 7 rings (SSSR count). The van der Waals surface area contributed by atoms with Gasteiger partial charge in [-0.25, -0.2) is 9.97 Å². The smallest absolute Gasteiger partial charge is 0.282 e. The van der Waals surface area contributed by atoms with Crippen molar-refractivity contribution < 1.29 is 0 Å². The molecule has 4 aliphatic rings. The number of nitrogens with zero attached hydrogens (tertiary/aromatic N) is 6. The van der Waals surface area contributed by atoms with Crippen LogP contribution < -0.4 is 11.1 Å². The van der Waals surface area contributed by atoms with Crippen LogP contribution >= 0.6 is 0 Å². The first-order chi connectivity index (χ1) is 19.6. The van der Waals surface area contributed by atoms with Gasteiger partial charge in [-0.1, -0.05) is 84.9 Å². The molecule has 4 heterocycles. The maximum Gasteiger partial charge on any atom is 0.282 e. The van der Waals surface area contributed by atoms with Gasteiger partial charge in [-0.3, -0.25) is 18.7 Å². The van der Waals surface area contributed by atoms with Crippen LogP contribution in [0.3, 0.4) is 0 Å². The molecule has 194 valence electrons. The highest BCUT2D eigenvalue weighted by molar-refractivity contribution is 5.61. The average Bonchev–Trinajstić information content (AvgIpc) is 3.50. The van der Waals surface area contributed by atoms with E-state index in [0.717, 1.165) is 22.3 Å². The maximum absolute atomic E-state index is 12.9. The topological polar surface area (TPSA) is 79.6 Å². The molecule has 40 heavy (non-hydrogen) atoms. The highest BCUT2D eigenvalue weighted by Gasteiger charge is 2.17. The zero-order valence-electron chi connectivity index (χ0n) is 21.5. The highest BCUT2D eigenvalue weighted by atomic mass is 16.1. The van der Waals surface area contributed by atoms with Crippen molar-refractivity contribution in [1.29, 1.82) is 0 Å². The van der Waals surface area contributed by atoms with Gasteiger partial charge in [0.25, 0.3) is 11.1 Å². The van der Waals surface area contributed by atoms with Gasteiger partial charge in [-0.05, 0) is 11.1 Å². The summed E-state index contributed by atoms with van der Waals surface area (Å²) >= 11 is 0. The lowest BCUT2D eigenvalue weighted by atomic mass is 10.1. The summed E-state index contributed by atoms with van der Waals surface area (Å²) in [7, 11) is 0. The van der Waals surface area contributed by atoms with Gasteiger partial charge in [0.1, 0.15) is 11.4 Å². The van der Waals surface area contributed by atoms with Gasteiger partial charge in [0.15, 0.2) is 11.6 Å². The molecule has 0 N–H and O–H groups in total. The summed E-state index contributed by atoms with van der Waals surface area (Å²) in [5, 5.41) is 0. The second-order valence-electron chi connectivity index (χ2n) is 9.74. The predicted octanol–water partition coefficient (Wildman–Crippen LogP) is 4.69. The van der Waals surface area contributed by atoms with E-state index >= 15 is 0 Å². The number of hydrogen-bond donors (Lipinski definition) is 0. The van der Waals surface area contributed by atoms with E-state index in [2.05, 4.69) is 28.2 Å². The first-order valence-corrected chi connectivity index (χ1v) is 13.0. The van der Waals surface area contributed by atoms with Crippen molar-refractivity contribution in [1.82, 2.24) is 28.2 Å². The molecule has 0 aliphatic carbocycles. The van der Waals surface area contributed by atoms with E-state index in [4.69, 9.17) is 0 Å². The standard InChI is InChI=1S/C32H24N6O2/c39-31-29(25-10-3-1-4-11-25)33-27-21-35(14-16-37(27)31)19-23-8-7-9-24(18-23)20-36-15-17-38-28(22-36)34-30(32(38)40)26-12-5-2-6-13-26/h1-18,21-22H,19-20H2. The largest absolute Gasteiger partial charge is 0.345 e. The van der Waals surface area contributed by atoms with Gasteiger partial charge in [0.05, 0.1) is 0 Å². The normalized spacial score (nSPS) is 11.4. The van der Waals surface area contributed by atoms with Crippen LogP contribution in [0.2, 0.25) is 0 Å². The zero-order chi connectivity index (χ0) is 27.1. The van der Waals surface area contributed by atoms with Crippen molar-refractivity contribution in [3.05, 3.63) is 154 Å². The lowest BCUT2D eigenvalue weighted by Crippen LogP contribution is -2.15. The summed E-state index contributed by atoms with van der Waals surface area (Å²) in [5.41, 5.74) is 4.52. The molecule has 0 unspecified atom stereocenters. The Hall–Kier alpha value is -5.50. The molecule has 3 aromatic rings. The Morgan fingerprint density at radius 1 is 0.525 bits per heavy atom. The van der Waals surface area contributed by atoms with E-state index < -0.39 is 0 Å². The van der Waals surface area contributed by atoms with Crippen molar-refractivity contribution in [3.63, 3.8) is 0 Å². The Labute approximate surface area is 229 Å². The third-order valence-corrected chi connectivity index (χ3v) is 6.98. The molecule has 0 radical (unpaired) electrons. The van der Waals surface area contributed by atoms with Crippen molar-refractivity contribution >= 4 is 0 Å². The van der Waals surface area contributed by atoms with E-state index in [1.165, 1.54) is 0 Å². The lowest BCUT2D eigenvalue weighted by molar-refractivity contribution is 0.743. The van der Waals surface area contributed by atoms with Gasteiger partial charge in [-0.15, -0.1) is 0 Å². The minimum Gasteiger partial charge on any atom is -0.345 e. The fourth-order valence-electron chi connectivity index (χ4n) is 5.04. The van der Waals surface area contributed by atoms with Crippen LogP contribution in [-0.2, 0) is 13.1 Å². The van der Waals surface area contributed by atoms with Crippen molar-refractivity contribution in [2.24, 2.45) is 0 Å². The van der Waals surface area contributed by atoms with Gasteiger partial charge < -0.3 is 9.13 Å². The van der Waals surface area contributed by atoms with Crippen molar-refractivity contribution in [2.75, 3.05) is 0 Å². The highest BCUT2D eigenvalue weighted by Crippen LogP contribution is 2.19. The quantitative estimate of drug-likeness (QED) is 0.316. The van der Waals surface area contributed by atoms with Crippen LogP contribution in [-0.4, -0.2) is 28.2 Å². The molecule has 0 atom stereocenters. The number of benzene rings is 3. The van der Waals surface area contributed by atoms with Crippen LogP contribution in [0.5, 0.6) is 0 Å². The fourth-order valence-corrected chi connectivity index (χ4v) is 5.04. The molecular weight excluding hydrogens is 500 g/mol. The Morgan fingerprint density at radius 2 is 0.975 bits per heavy atom. The minimum absolute atomic E-state index is 0.123. The third-order valence-electron chi connectivity index (χ3n) is 6.98. The first-order valence-electron chi connectivity index (χ1n) is 13.0. The number of imidazole rings is 2. The molecule has 0 saturated carbocycles. The van der Waals surface area contributed by atoms with Gasteiger partial charge in [0.2, 0.25) is 0 Å². The van der Waals surface area contributed by atoms with Crippen LogP contribution in [0.4, 0.5) is 0 Å². The Morgan fingerprint density at radius 3 is 1.43 bits per heavy atom. The predicted molar refractivity (Wildman–Crippen MR) is 154 cm³/mol. The second-order valence-corrected chi connectivity index (χ2v) is 9.74. The molecule has 4 aliphatic heterocycles. The molecule has 0 amide bonds. The van der Waals surface area contributed by atoms with Gasteiger partial charge in [0, 0.05) is 61.4 Å². The van der Waals surface area contributed by atoms with Gasteiger partial charge >= 0.3 is 0 Å². The van der Waals surface area contributed by atoms with E-state index in [-0.39, 0.29) is 11.1 Å². The zero-order valence-corrected chi connectivity index (χ0v) is 21.5.